The van der Waals surface area contributed by atoms with E-state index in [-0.39, 0.29) is 5.91 Å². The smallest absolute Gasteiger partial charge is 0.338 e. The zero-order valence-electron chi connectivity index (χ0n) is 9.19. The van der Waals surface area contributed by atoms with Crippen LogP contribution in [0.4, 0.5) is 0 Å². The van der Waals surface area contributed by atoms with Gasteiger partial charge in [0.25, 0.3) is 0 Å². The third kappa shape index (κ3) is 7.49. The molecule has 88 valence electrons. The molecule has 0 unspecified atom stereocenters. The van der Waals surface area contributed by atoms with Crippen molar-refractivity contribution in [3.63, 3.8) is 0 Å². The van der Waals surface area contributed by atoms with Crippen molar-refractivity contribution in [1.29, 1.82) is 0 Å². The van der Waals surface area contributed by atoms with Crippen LogP contribution in [-0.4, -0.2) is 24.4 Å². The first-order valence-electron chi connectivity index (χ1n) is 4.94. The lowest BCUT2D eigenvalue weighted by Crippen LogP contribution is -2.21. The van der Waals surface area contributed by atoms with Crippen molar-refractivity contribution in [2.75, 3.05) is 6.54 Å². The Balaban J connectivity index is 0.000000288. The van der Waals surface area contributed by atoms with Crippen molar-refractivity contribution in [3.05, 3.63) is 24.8 Å². The fourth-order valence-electron chi connectivity index (χ4n) is 0.764. The number of carbonyl (C=O) groups is 3. The van der Waals surface area contributed by atoms with E-state index in [0.29, 0.717) is 0 Å². The van der Waals surface area contributed by atoms with Gasteiger partial charge in [-0.25, -0.2) is 9.59 Å². The summed E-state index contributed by atoms with van der Waals surface area (Å²) in [7, 11) is 0. The molecular weight excluding hydrogens is 210 g/mol. The maximum atomic E-state index is 10.5. The maximum absolute atomic E-state index is 10.5. The van der Waals surface area contributed by atoms with Gasteiger partial charge in [0.05, 0.1) is 0 Å². The second-order valence-electron chi connectivity index (χ2n) is 2.92. The predicted molar refractivity (Wildman–Crippen MR) is 58.4 cm³/mol. The predicted octanol–water partition coefficient (Wildman–Crippen LogP) is 0.715. The van der Waals surface area contributed by atoms with E-state index in [4.69, 9.17) is 0 Å². The van der Waals surface area contributed by atoms with Crippen molar-refractivity contribution in [2.45, 2.75) is 19.8 Å². The minimum atomic E-state index is -0.579. The van der Waals surface area contributed by atoms with E-state index in [9.17, 15) is 14.4 Å². The normalized spacial score (nSPS) is 12.6. The van der Waals surface area contributed by atoms with Crippen LogP contribution < -0.4 is 5.32 Å². The minimum Gasteiger partial charge on any atom is -0.387 e. The molecule has 0 spiro atoms. The molecule has 1 aliphatic rings. The second kappa shape index (κ2) is 8.40. The number of unbranched alkanes of at least 4 members (excludes halogenated alkanes) is 1. The Labute approximate surface area is 94.2 Å². The lowest BCUT2D eigenvalue weighted by molar-refractivity contribution is -0.150. The third-order valence-electron chi connectivity index (χ3n) is 1.57. The highest BCUT2D eigenvalue weighted by atomic mass is 16.6. The number of amides is 1. The Morgan fingerprint density at radius 3 is 2.31 bits per heavy atom. The fraction of sp³-hybridized carbons (Fsp3) is 0.364. The first-order valence-corrected chi connectivity index (χ1v) is 4.94. The average molecular weight is 225 g/mol. The van der Waals surface area contributed by atoms with Gasteiger partial charge in [0, 0.05) is 18.7 Å². The number of rotatable bonds is 4. The van der Waals surface area contributed by atoms with E-state index >= 15 is 0 Å². The van der Waals surface area contributed by atoms with Gasteiger partial charge in [-0.1, -0.05) is 19.9 Å². The van der Waals surface area contributed by atoms with Crippen molar-refractivity contribution >= 4 is 17.8 Å². The summed E-state index contributed by atoms with van der Waals surface area (Å²) in [4.78, 5) is 30.3. The van der Waals surface area contributed by atoms with Gasteiger partial charge in [-0.3, -0.25) is 4.79 Å². The molecule has 0 atom stereocenters. The molecule has 0 radical (unpaired) electrons. The Hall–Kier alpha value is -1.91. The summed E-state index contributed by atoms with van der Waals surface area (Å²) in [5, 5.41) is 2.68. The van der Waals surface area contributed by atoms with Gasteiger partial charge >= 0.3 is 11.9 Å². The van der Waals surface area contributed by atoms with Crippen LogP contribution in [0.15, 0.2) is 24.8 Å². The van der Waals surface area contributed by atoms with Crippen LogP contribution in [0.1, 0.15) is 19.8 Å². The van der Waals surface area contributed by atoms with Gasteiger partial charge in [-0.05, 0) is 12.5 Å². The lowest BCUT2D eigenvalue weighted by Gasteiger charge is -1.97. The van der Waals surface area contributed by atoms with Gasteiger partial charge < -0.3 is 10.1 Å². The van der Waals surface area contributed by atoms with Crippen molar-refractivity contribution in [1.82, 2.24) is 5.32 Å². The zero-order valence-corrected chi connectivity index (χ0v) is 9.19. The number of esters is 2. The second-order valence-corrected chi connectivity index (χ2v) is 2.92. The van der Waals surface area contributed by atoms with E-state index in [0.717, 1.165) is 31.5 Å². The van der Waals surface area contributed by atoms with Crippen molar-refractivity contribution in [2.24, 2.45) is 0 Å². The number of hydrogen-bond donors (Lipinski definition) is 1. The Bertz CT molecular complexity index is 291. The number of cyclic esters (lactones) is 2. The summed E-state index contributed by atoms with van der Waals surface area (Å²) >= 11 is 0. The molecule has 0 aromatic rings. The van der Waals surface area contributed by atoms with Gasteiger partial charge in [-0.15, -0.1) is 0 Å². The van der Waals surface area contributed by atoms with E-state index in [2.05, 4.69) is 23.6 Å². The highest BCUT2D eigenvalue weighted by Crippen LogP contribution is 1.92. The molecule has 0 aliphatic carbocycles. The van der Waals surface area contributed by atoms with Crippen LogP contribution in [-0.2, 0) is 19.1 Å². The van der Waals surface area contributed by atoms with Gasteiger partial charge in [-0.2, -0.15) is 0 Å². The fourth-order valence-corrected chi connectivity index (χ4v) is 0.764. The molecule has 1 heterocycles. The third-order valence-corrected chi connectivity index (χ3v) is 1.57. The van der Waals surface area contributed by atoms with Gasteiger partial charge in [0.2, 0.25) is 5.91 Å². The first-order chi connectivity index (χ1) is 7.60. The molecule has 5 heteroatoms. The SMILES string of the molecule is C=CC(=O)NCCCC.O=C1C=CC(=O)O1. The Morgan fingerprint density at radius 1 is 1.44 bits per heavy atom. The Kier molecular flexibility index (Phi) is 7.40. The quantitative estimate of drug-likeness (QED) is 0.331. The minimum absolute atomic E-state index is 0.0801. The molecule has 0 saturated heterocycles. The molecular formula is C11H15NO4. The van der Waals surface area contributed by atoms with Gasteiger partial charge in [0.15, 0.2) is 0 Å². The summed E-state index contributed by atoms with van der Waals surface area (Å²) in [6.45, 7) is 6.18. The van der Waals surface area contributed by atoms with Crippen molar-refractivity contribution in [3.8, 4) is 0 Å². The summed E-state index contributed by atoms with van der Waals surface area (Å²) in [6.07, 6.45) is 5.61. The maximum Gasteiger partial charge on any atom is 0.338 e. The molecule has 1 N–H and O–H groups in total. The van der Waals surface area contributed by atoms with Crippen molar-refractivity contribution < 1.29 is 19.1 Å². The molecule has 1 amide bonds. The molecule has 0 bridgehead atoms. The lowest BCUT2D eigenvalue weighted by atomic mass is 10.3. The summed E-state index contributed by atoms with van der Waals surface area (Å²) in [5.74, 6) is -1.24. The molecule has 16 heavy (non-hydrogen) atoms. The molecule has 0 fully saturated rings. The number of nitrogens with one attached hydrogen (secondary N) is 1. The van der Waals surface area contributed by atoms with E-state index in [1.54, 1.807) is 0 Å². The average Bonchev–Trinajstić information content (AvgIpc) is 2.63. The highest BCUT2D eigenvalue weighted by molar-refractivity contribution is 6.04. The number of hydrogen-bond acceptors (Lipinski definition) is 4. The molecule has 5 nitrogen and oxygen atoms in total. The van der Waals surface area contributed by atoms with E-state index in [1.165, 1.54) is 6.08 Å². The number of carbonyl (C=O) groups excluding carboxylic acids is 3. The van der Waals surface area contributed by atoms with Gasteiger partial charge in [0.1, 0.15) is 0 Å². The Morgan fingerprint density at radius 2 is 2.00 bits per heavy atom. The van der Waals surface area contributed by atoms with Crippen LogP contribution in [0.5, 0.6) is 0 Å². The van der Waals surface area contributed by atoms with Crippen LogP contribution in [0, 0.1) is 0 Å². The largest absolute Gasteiger partial charge is 0.387 e. The summed E-state index contributed by atoms with van der Waals surface area (Å²) in [5.41, 5.74) is 0. The monoisotopic (exact) mass is 225 g/mol. The zero-order chi connectivity index (χ0) is 12.4. The summed E-state index contributed by atoms with van der Waals surface area (Å²) < 4.78 is 3.97. The first kappa shape index (κ1) is 14.1. The van der Waals surface area contributed by atoms with Crippen LogP contribution in [0.2, 0.25) is 0 Å². The standard InChI is InChI=1S/C7H13NO.C4H2O3/c1-3-5-6-8-7(9)4-2;5-3-1-2-4(6)7-3/h4H,2-3,5-6H2,1H3,(H,8,9);1-2H. The molecule has 0 aromatic carbocycles. The summed E-state index contributed by atoms with van der Waals surface area (Å²) in [6, 6.07) is 0. The van der Waals surface area contributed by atoms with Crippen LogP contribution in [0.3, 0.4) is 0 Å². The molecule has 1 rings (SSSR count). The molecule has 0 aromatic heterocycles. The highest BCUT2D eigenvalue weighted by Gasteiger charge is 2.10. The van der Waals surface area contributed by atoms with Crippen LogP contribution >= 0.6 is 0 Å². The van der Waals surface area contributed by atoms with Crippen LogP contribution in [0.25, 0.3) is 0 Å². The van der Waals surface area contributed by atoms with E-state index in [1.807, 2.05) is 0 Å². The molecule has 0 saturated carbocycles. The topological polar surface area (TPSA) is 72.5 Å². The van der Waals surface area contributed by atoms with E-state index < -0.39 is 11.9 Å². The number of ether oxygens (including phenoxy) is 1. The molecule has 1 aliphatic heterocycles.